The van der Waals surface area contributed by atoms with Crippen LogP contribution in [0.15, 0.2) is 42.5 Å². The lowest BCUT2D eigenvalue weighted by Gasteiger charge is -2.29. The van der Waals surface area contributed by atoms with Crippen molar-refractivity contribution in [3.8, 4) is 5.75 Å². The fourth-order valence-corrected chi connectivity index (χ4v) is 2.80. The van der Waals surface area contributed by atoms with Gasteiger partial charge < -0.3 is 15.2 Å². The molecule has 4 nitrogen and oxygen atoms in total. The number of esters is 1. The van der Waals surface area contributed by atoms with Crippen molar-refractivity contribution in [3.63, 3.8) is 0 Å². The third-order valence-corrected chi connectivity index (χ3v) is 4.15. The number of anilines is 1. The van der Waals surface area contributed by atoms with Crippen LogP contribution in [0.1, 0.15) is 44.4 Å². The molecule has 136 valence electrons. The molecule has 2 aromatic carbocycles. The van der Waals surface area contributed by atoms with E-state index in [0.29, 0.717) is 0 Å². The van der Waals surface area contributed by atoms with Crippen LogP contribution in [0.5, 0.6) is 5.75 Å². The molecule has 0 saturated carbocycles. The largest absolute Gasteiger partial charge is 0.496 e. The highest BCUT2D eigenvalue weighted by Crippen LogP contribution is 2.40. The van der Waals surface area contributed by atoms with E-state index in [2.05, 4.69) is 13.8 Å². The van der Waals surface area contributed by atoms with Crippen molar-refractivity contribution < 1.29 is 14.3 Å². The van der Waals surface area contributed by atoms with E-state index < -0.39 is 0 Å². The Bertz CT molecular complexity index is 708. The number of para-hydroxylation sites is 1. The zero-order chi connectivity index (χ0) is 19.0. The number of hydrogen-bond donors (Lipinski definition) is 1. The molecular formula is C21H29NO3. The Kier molecular flexibility index (Phi) is 7.49. The summed E-state index contributed by atoms with van der Waals surface area (Å²) in [7, 11) is 3.03. The second-order valence-corrected chi connectivity index (χ2v) is 6.00. The molecule has 0 amide bonds. The summed E-state index contributed by atoms with van der Waals surface area (Å²) in [5, 5.41) is 0. The molecule has 2 aromatic rings. The van der Waals surface area contributed by atoms with Crippen LogP contribution in [-0.4, -0.2) is 20.2 Å². The van der Waals surface area contributed by atoms with Crippen LogP contribution >= 0.6 is 0 Å². The molecular weight excluding hydrogens is 314 g/mol. The summed E-state index contributed by atoms with van der Waals surface area (Å²) in [6, 6.07) is 13.5. The van der Waals surface area contributed by atoms with Gasteiger partial charge in [0.05, 0.1) is 20.6 Å². The topological polar surface area (TPSA) is 61.5 Å². The first-order valence-corrected chi connectivity index (χ1v) is 8.49. The van der Waals surface area contributed by atoms with Crippen LogP contribution in [0.4, 0.5) is 5.69 Å². The molecule has 0 atom stereocenters. The Morgan fingerprint density at radius 2 is 1.68 bits per heavy atom. The van der Waals surface area contributed by atoms with Crippen LogP contribution in [0.3, 0.4) is 0 Å². The Balaban J connectivity index is 0.00000151. The molecule has 2 rings (SSSR count). The van der Waals surface area contributed by atoms with Gasteiger partial charge in [0.15, 0.2) is 0 Å². The van der Waals surface area contributed by atoms with Crippen molar-refractivity contribution in [1.29, 1.82) is 0 Å². The minimum atomic E-state index is -0.358. The molecule has 2 N–H and O–H groups in total. The van der Waals surface area contributed by atoms with Crippen LogP contribution < -0.4 is 10.5 Å². The van der Waals surface area contributed by atoms with Gasteiger partial charge in [-0.2, -0.15) is 0 Å². The smallest absolute Gasteiger partial charge is 0.309 e. The number of ether oxygens (including phenoxy) is 2. The van der Waals surface area contributed by atoms with Crippen molar-refractivity contribution in [2.24, 2.45) is 0 Å². The molecule has 0 spiro atoms. The molecule has 0 bridgehead atoms. The van der Waals surface area contributed by atoms with Crippen LogP contribution in [0.25, 0.3) is 0 Å². The van der Waals surface area contributed by atoms with Gasteiger partial charge in [0, 0.05) is 16.7 Å². The molecule has 0 aliphatic carbocycles. The maximum Gasteiger partial charge on any atom is 0.309 e. The van der Waals surface area contributed by atoms with Crippen LogP contribution in [-0.2, 0) is 21.4 Å². The number of benzene rings is 2. The summed E-state index contributed by atoms with van der Waals surface area (Å²) in [5.41, 5.74) is 9.43. The van der Waals surface area contributed by atoms with E-state index in [1.54, 1.807) is 7.11 Å². The first kappa shape index (κ1) is 20.6. The van der Waals surface area contributed by atoms with Gasteiger partial charge in [-0.05, 0) is 23.3 Å². The monoisotopic (exact) mass is 343 g/mol. The Morgan fingerprint density at radius 1 is 1.04 bits per heavy atom. The fraction of sp³-hybridized carbons (Fsp3) is 0.381. The average molecular weight is 343 g/mol. The van der Waals surface area contributed by atoms with Crippen molar-refractivity contribution >= 4 is 11.7 Å². The predicted octanol–water partition coefficient (Wildman–Crippen LogP) is 4.35. The quantitative estimate of drug-likeness (QED) is 0.648. The third kappa shape index (κ3) is 4.75. The number of carbonyl (C=O) groups is 1. The van der Waals surface area contributed by atoms with E-state index in [4.69, 9.17) is 15.2 Å². The molecule has 0 aliphatic rings. The summed E-state index contributed by atoms with van der Waals surface area (Å²) in [4.78, 5) is 11.5. The van der Waals surface area contributed by atoms with Crippen molar-refractivity contribution in [2.75, 3.05) is 20.0 Å². The highest BCUT2D eigenvalue weighted by molar-refractivity contribution is 5.72. The molecule has 0 aromatic heterocycles. The maximum atomic E-state index is 11.5. The Labute approximate surface area is 151 Å². The second kappa shape index (κ2) is 9.11. The predicted molar refractivity (Wildman–Crippen MR) is 103 cm³/mol. The van der Waals surface area contributed by atoms with Crippen molar-refractivity contribution in [1.82, 2.24) is 0 Å². The van der Waals surface area contributed by atoms with E-state index in [9.17, 15) is 4.79 Å². The number of nitrogens with two attached hydrogens (primary N) is 1. The highest BCUT2D eigenvalue weighted by atomic mass is 16.5. The summed E-state index contributed by atoms with van der Waals surface area (Å²) in [5.74, 6) is 0.505. The third-order valence-electron chi connectivity index (χ3n) is 4.15. The number of carbonyl (C=O) groups excluding carboxylic acids is 1. The first-order valence-electron chi connectivity index (χ1n) is 8.49. The van der Waals surface area contributed by atoms with Gasteiger partial charge in [-0.3, -0.25) is 4.79 Å². The van der Waals surface area contributed by atoms with Crippen LogP contribution in [0.2, 0.25) is 0 Å². The van der Waals surface area contributed by atoms with Gasteiger partial charge >= 0.3 is 5.97 Å². The number of hydrogen-bond acceptors (Lipinski definition) is 4. The summed E-state index contributed by atoms with van der Waals surface area (Å²) < 4.78 is 10.3. The molecule has 25 heavy (non-hydrogen) atoms. The van der Waals surface area contributed by atoms with E-state index in [-0.39, 0.29) is 17.8 Å². The van der Waals surface area contributed by atoms with Gasteiger partial charge in [0.25, 0.3) is 0 Å². The maximum absolute atomic E-state index is 11.5. The second-order valence-electron chi connectivity index (χ2n) is 6.00. The van der Waals surface area contributed by atoms with E-state index in [1.807, 2.05) is 56.3 Å². The number of nitrogen functional groups attached to an aromatic ring is 1. The normalized spacial score (nSPS) is 10.5. The van der Waals surface area contributed by atoms with Gasteiger partial charge in [-0.1, -0.05) is 58.0 Å². The summed E-state index contributed by atoms with van der Waals surface area (Å²) in [6.07, 6.45) is 0.230. The number of rotatable bonds is 5. The van der Waals surface area contributed by atoms with E-state index in [1.165, 1.54) is 7.11 Å². The fourth-order valence-electron chi connectivity index (χ4n) is 2.80. The molecule has 0 unspecified atom stereocenters. The minimum Gasteiger partial charge on any atom is -0.496 e. The number of methoxy groups -OCH3 is 2. The Morgan fingerprint density at radius 3 is 2.24 bits per heavy atom. The SMILES string of the molecule is CC.COC(=O)Cc1ccc(OC)c(C(C)(C)c2ccccc2N)c1. The molecule has 4 heteroatoms. The molecule has 0 heterocycles. The zero-order valence-electron chi connectivity index (χ0n) is 16.1. The Hall–Kier alpha value is -2.49. The molecule has 0 saturated heterocycles. The average Bonchev–Trinajstić information content (AvgIpc) is 2.63. The van der Waals surface area contributed by atoms with Gasteiger partial charge in [0.2, 0.25) is 0 Å². The molecule has 0 fully saturated rings. The van der Waals surface area contributed by atoms with Crippen molar-refractivity contribution in [2.45, 2.75) is 39.5 Å². The van der Waals surface area contributed by atoms with Gasteiger partial charge in [-0.15, -0.1) is 0 Å². The summed E-state index contributed by atoms with van der Waals surface area (Å²) >= 11 is 0. The van der Waals surface area contributed by atoms with Crippen LogP contribution in [0, 0.1) is 0 Å². The van der Waals surface area contributed by atoms with Gasteiger partial charge in [-0.25, -0.2) is 0 Å². The van der Waals surface area contributed by atoms with Crippen molar-refractivity contribution in [3.05, 3.63) is 59.2 Å². The molecule has 0 aliphatic heterocycles. The lowest BCUT2D eigenvalue weighted by molar-refractivity contribution is -0.139. The van der Waals surface area contributed by atoms with E-state index >= 15 is 0 Å². The van der Waals surface area contributed by atoms with E-state index in [0.717, 1.165) is 28.1 Å². The minimum absolute atomic E-state index is 0.230. The lowest BCUT2D eigenvalue weighted by atomic mass is 9.76. The summed E-state index contributed by atoms with van der Waals surface area (Å²) in [6.45, 7) is 8.19. The highest BCUT2D eigenvalue weighted by Gasteiger charge is 2.28. The standard InChI is InChI=1S/C19H23NO3.C2H6/c1-19(2,14-7-5-6-8-16(14)20)15-11-13(12-18(21)23-4)9-10-17(15)22-3;1-2/h5-11H,12,20H2,1-4H3;1-2H3. The zero-order valence-corrected chi connectivity index (χ0v) is 16.1. The molecule has 0 radical (unpaired) electrons. The first-order chi connectivity index (χ1) is 11.9. The van der Waals surface area contributed by atoms with Gasteiger partial charge in [0.1, 0.15) is 5.75 Å². The lowest BCUT2D eigenvalue weighted by Crippen LogP contribution is -2.22.